The van der Waals surface area contributed by atoms with Gasteiger partial charge in [-0.25, -0.2) is 9.79 Å². The van der Waals surface area contributed by atoms with Crippen LogP contribution >= 0.6 is 27.5 Å². The first-order valence-corrected chi connectivity index (χ1v) is 10.5. The van der Waals surface area contributed by atoms with Gasteiger partial charge in [0.25, 0.3) is 5.69 Å². The van der Waals surface area contributed by atoms with Crippen molar-refractivity contribution in [3.63, 3.8) is 0 Å². The molecule has 0 spiro atoms. The molecule has 162 valence electrons. The lowest BCUT2D eigenvalue weighted by Crippen LogP contribution is -2.08. The number of cyclic esters (lactones) is 1. The van der Waals surface area contributed by atoms with Crippen LogP contribution in [0, 0.1) is 10.1 Å². The maximum absolute atomic E-state index is 12.3. The van der Waals surface area contributed by atoms with E-state index in [-0.39, 0.29) is 34.0 Å². The number of esters is 1. The third-order valence-corrected chi connectivity index (χ3v) is 4.90. The van der Waals surface area contributed by atoms with Gasteiger partial charge in [0.15, 0.2) is 17.2 Å². The Labute approximate surface area is 191 Å². The van der Waals surface area contributed by atoms with Crippen LogP contribution in [0.1, 0.15) is 31.9 Å². The Morgan fingerprint density at radius 3 is 2.68 bits per heavy atom. The van der Waals surface area contributed by atoms with Gasteiger partial charge in [0.1, 0.15) is 0 Å². The summed E-state index contributed by atoms with van der Waals surface area (Å²) in [5, 5.41) is 10.9. The van der Waals surface area contributed by atoms with Crippen LogP contribution in [-0.2, 0) is 9.53 Å². The maximum atomic E-state index is 12.3. The number of nitro benzene ring substituents is 1. The summed E-state index contributed by atoms with van der Waals surface area (Å²) < 4.78 is 17.4. The van der Waals surface area contributed by atoms with Crippen molar-refractivity contribution in [2.75, 3.05) is 6.61 Å². The summed E-state index contributed by atoms with van der Waals surface area (Å²) >= 11 is 9.59. The maximum Gasteiger partial charge on any atom is 0.363 e. The van der Waals surface area contributed by atoms with E-state index in [1.165, 1.54) is 18.2 Å². The summed E-state index contributed by atoms with van der Waals surface area (Å²) in [6, 6.07) is 7.33. The number of ether oxygens (including phenoxy) is 3. The van der Waals surface area contributed by atoms with Crippen molar-refractivity contribution in [1.29, 1.82) is 0 Å². The number of hydrogen-bond donors (Lipinski definition) is 0. The smallest absolute Gasteiger partial charge is 0.363 e. The van der Waals surface area contributed by atoms with Gasteiger partial charge < -0.3 is 14.2 Å². The Balaban J connectivity index is 1.97. The second-order valence-electron chi connectivity index (χ2n) is 6.69. The van der Waals surface area contributed by atoms with Crippen LogP contribution in [0.4, 0.5) is 5.69 Å². The Morgan fingerprint density at radius 1 is 1.32 bits per heavy atom. The molecule has 3 rings (SSSR count). The molecule has 31 heavy (non-hydrogen) atoms. The molecule has 1 aliphatic heterocycles. The van der Waals surface area contributed by atoms with Crippen LogP contribution < -0.4 is 9.47 Å². The van der Waals surface area contributed by atoms with Crippen LogP contribution in [0.5, 0.6) is 11.5 Å². The molecule has 0 saturated heterocycles. The molecule has 0 saturated carbocycles. The molecular formula is C21H18BrClN2O6. The Bertz CT molecular complexity index is 1110. The molecule has 8 nitrogen and oxygen atoms in total. The van der Waals surface area contributed by atoms with Crippen LogP contribution in [-0.4, -0.2) is 29.5 Å². The van der Waals surface area contributed by atoms with Gasteiger partial charge in [0.05, 0.1) is 32.7 Å². The number of nitrogens with zero attached hydrogens (tertiary/aromatic N) is 2. The average Bonchev–Trinajstić information content (AvgIpc) is 3.04. The Hall–Kier alpha value is -2.91. The lowest BCUT2D eigenvalue weighted by molar-refractivity contribution is -0.384. The fourth-order valence-corrected chi connectivity index (χ4v) is 3.57. The zero-order valence-corrected chi connectivity index (χ0v) is 19.2. The van der Waals surface area contributed by atoms with E-state index in [9.17, 15) is 14.9 Å². The van der Waals surface area contributed by atoms with Gasteiger partial charge in [-0.15, -0.1) is 0 Å². The lowest BCUT2D eigenvalue weighted by Gasteiger charge is -2.16. The summed E-state index contributed by atoms with van der Waals surface area (Å²) in [5.74, 6) is 0.391. The van der Waals surface area contributed by atoms with Crippen molar-refractivity contribution in [2.45, 2.75) is 26.9 Å². The summed E-state index contributed by atoms with van der Waals surface area (Å²) in [7, 11) is 0. The van der Waals surface area contributed by atoms with E-state index in [1.54, 1.807) is 18.2 Å². The molecule has 2 aromatic carbocycles. The normalized spacial score (nSPS) is 14.6. The number of rotatable bonds is 7. The largest absolute Gasteiger partial charge is 0.490 e. The molecule has 0 N–H and O–H groups in total. The van der Waals surface area contributed by atoms with E-state index in [2.05, 4.69) is 20.9 Å². The molecule has 0 unspecified atom stereocenters. The van der Waals surface area contributed by atoms with Crippen LogP contribution in [0.2, 0.25) is 5.02 Å². The number of benzene rings is 2. The van der Waals surface area contributed by atoms with Gasteiger partial charge in [-0.2, -0.15) is 0 Å². The molecular weight excluding hydrogens is 492 g/mol. The Morgan fingerprint density at radius 2 is 2.06 bits per heavy atom. The van der Waals surface area contributed by atoms with E-state index in [0.717, 1.165) is 0 Å². The first-order chi connectivity index (χ1) is 14.7. The van der Waals surface area contributed by atoms with E-state index >= 15 is 0 Å². The Kier molecular flexibility index (Phi) is 6.97. The summed E-state index contributed by atoms with van der Waals surface area (Å²) in [6.07, 6.45) is 1.49. The highest BCUT2D eigenvalue weighted by Gasteiger charge is 2.27. The summed E-state index contributed by atoms with van der Waals surface area (Å²) in [6.45, 7) is 6.11. The number of carbonyl (C=O) groups is 1. The molecule has 0 amide bonds. The van der Waals surface area contributed by atoms with Crippen molar-refractivity contribution in [3.05, 3.63) is 66.8 Å². The minimum atomic E-state index is -0.666. The molecule has 0 aromatic heterocycles. The van der Waals surface area contributed by atoms with Crippen molar-refractivity contribution >= 4 is 51.2 Å². The molecule has 0 aliphatic carbocycles. The molecule has 1 aliphatic rings. The SMILES string of the molecule is CCOc1cc(/C=C2\N=C(c3ccc([N+](=O)[O-])cc3Cl)OC2=O)cc(Br)c1OC(C)C. The van der Waals surface area contributed by atoms with E-state index in [4.69, 9.17) is 25.8 Å². The van der Waals surface area contributed by atoms with Crippen LogP contribution in [0.25, 0.3) is 6.08 Å². The average molecular weight is 510 g/mol. The van der Waals surface area contributed by atoms with Gasteiger partial charge in [-0.3, -0.25) is 10.1 Å². The molecule has 1 heterocycles. The van der Waals surface area contributed by atoms with E-state index in [1.807, 2.05) is 20.8 Å². The molecule has 0 fully saturated rings. The number of carbonyl (C=O) groups excluding carboxylic acids is 1. The second kappa shape index (κ2) is 9.49. The van der Waals surface area contributed by atoms with E-state index < -0.39 is 10.9 Å². The zero-order valence-electron chi connectivity index (χ0n) is 16.8. The highest BCUT2D eigenvalue weighted by atomic mass is 79.9. The van der Waals surface area contributed by atoms with Gasteiger partial charge in [-0.05, 0) is 66.5 Å². The van der Waals surface area contributed by atoms with Gasteiger partial charge in [0, 0.05) is 12.1 Å². The fourth-order valence-electron chi connectivity index (χ4n) is 2.76. The van der Waals surface area contributed by atoms with Gasteiger partial charge in [-0.1, -0.05) is 11.6 Å². The highest BCUT2D eigenvalue weighted by molar-refractivity contribution is 9.10. The third-order valence-electron chi connectivity index (χ3n) is 4.00. The highest BCUT2D eigenvalue weighted by Crippen LogP contribution is 2.38. The fraction of sp³-hybridized carbons (Fsp3) is 0.238. The second-order valence-corrected chi connectivity index (χ2v) is 7.95. The van der Waals surface area contributed by atoms with Crippen molar-refractivity contribution in [1.82, 2.24) is 0 Å². The minimum absolute atomic E-state index is 0.0278. The number of halogens is 2. The number of aliphatic imine (C=N–C) groups is 1. The first-order valence-electron chi connectivity index (χ1n) is 9.29. The predicted octanol–water partition coefficient (Wildman–Crippen LogP) is 5.54. The van der Waals surface area contributed by atoms with E-state index in [0.29, 0.717) is 28.1 Å². The standard InChI is InChI=1S/C21H18BrClN2O6/c1-4-29-18-9-12(7-15(22)19(18)30-11(2)3)8-17-21(26)31-20(24-17)14-6-5-13(25(27)28)10-16(14)23/h5-11H,4H2,1-3H3/b17-8-. The molecule has 0 radical (unpaired) electrons. The lowest BCUT2D eigenvalue weighted by atomic mass is 10.1. The van der Waals surface area contributed by atoms with Crippen molar-refractivity contribution in [2.24, 2.45) is 4.99 Å². The van der Waals surface area contributed by atoms with Crippen LogP contribution in [0.3, 0.4) is 0 Å². The summed E-state index contributed by atoms with van der Waals surface area (Å²) in [4.78, 5) is 26.9. The first kappa shape index (κ1) is 22.8. The monoisotopic (exact) mass is 508 g/mol. The van der Waals surface area contributed by atoms with Gasteiger partial charge >= 0.3 is 5.97 Å². The zero-order chi connectivity index (χ0) is 22.7. The number of nitro groups is 1. The molecule has 10 heteroatoms. The topological polar surface area (TPSA) is 100 Å². The molecule has 0 atom stereocenters. The minimum Gasteiger partial charge on any atom is -0.490 e. The molecule has 0 bridgehead atoms. The van der Waals surface area contributed by atoms with Crippen LogP contribution in [0.15, 0.2) is 45.5 Å². The molecule has 2 aromatic rings. The quantitative estimate of drug-likeness (QED) is 0.210. The predicted molar refractivity (Wildman–Crippen MR) is 120 cm³/mol. The van der Waals surface area contributed by atoms with Gasteiger partial charge in [0.2, 0.25) is 5.90 Å². The number of hydrogen-bond acceptors (Lipinski definition) is 7. The van der Waals surface area contributed by atoms with Crippen molar-refractivity contribution < 1.29 is 23.9 Å². The number of non-ortho nitro benzene ring substituents is 1. The summed E-state index contributed by atoms with van der Waals surface area (Å²) in [5.41, 5.74) is 0.793. The van der Waals surface area contributed by atoms with Crippen molar-refractivity contribution in [3.8, 4) is 11.5 Å². The third kappa shape index (κ3) is 5.23.